The normalized spacial score (nSPS) is 31.7. The molecule has 316 valence electrons. The third-order valence-corrected chi connectivity index (χ3v) is 11.8. The second-order valence-corrected chi connectivity index (χ2v) is 16.6. The Hall–Kier alpha value is -4.80. The number of methoxy groups -OCH3 is 1. The molecule has 1 amide bonds. The number of aromatic hydroxyl groups is 2. The first-order chi connectivity index (χ1) is 27.6. The molecule has 3 heterocycles. The third-order valence-electron chi connectivity index (χ3n) is 11.1. The molecular weight excluding hydrogens is 852 g/mol. The number of aliphatic imine (C=N–C) groups is 1. The number of carbonyl (C=O) groups excluding carboxylic acids is 4. The summed E-state index contributed by atoms with van der Waals surface area (Å²) in [6, 6.07) is 2.81. The highest BCUT2D eigenvalue weighted by molar-refractivity contribution is 9.10. The van der Waals surface area contributed by atoms with Gasteiger partial charge in [0.25, 0.3) is 11.7 Å². The number of carbonyl (C=O) groups is 4. The molecular formula is C43H48BrClN2O12. The van der Waals surface area contributed by atoms with Crippen LogP contribution in [0.15, 0.2) is 69.5 Å². The van der Waals surface area contributed by atoms with Crippen molar-refractivity contribution >= 4 is 62.4 Å². The van der Waals surface area contributed by atoms with Crippen LogP contribution in [0.5, 0.6) is 17.2 Å². The Bertz CT molecular complexity index is 2210. The fourth-order valence-electron chi connectivity index (χ4n) is 7.51. The molecule has 6 rings (SSSR count). The van der Waals surface area contributed by atoms with Crippen molar-refractivity contribution in [3.05, 3.63) is 91.8 Å². The Labute approximate surface area is 355 Å². The average molecular weight is 900 g/mol. The van der Waals surface area contributed by atoms with Crippen LogP contribution in [0.25, 0.3) is 0 Å². The van der Waals surface area contributed by atoms with Gasteiger partial charge >= 0.3 is 11.8 Å². The molecule has 1 aliphatic carbocycles. The first-order valence-corrected chi connectivity index (χ1v) is 20.0. The molecule has 5 bridgehead atoms. The quantitative estimate of drug-likeness (QED) is 0.204. The largest absolute Gasteiger partial charge is 0.507 e. The lowest BCUT2D eigenvalue weighted by Gasteiger charge is -2.38. The topological polar surface area (TPSA) is 211 Å². The number of nitrogens with one attached hydrogen (secondary N) is 1. The highest BCUT2D eigenvalue weighted by Crippen LogP contribution is 2.49. The van der Waals surface area contributed by atoms with Crippen LogP contribution in [0, 0.1) is 30.6 Å². The Morgan fingerprint density at radius 3 is 2.29 bits per heavy atom. The summed E-state index contributed by atoms with van der Waals surface area (Å²) in [6.07, 6.45) is 4.62. The van der Waals surface area contributed by atoms with Crippen LogP contribution in [0.2, 0.25) is 5.02 Å². The summed E-state index contributed by atoms with van der Waals surface area (Å²) in [7, 11) is 1.42. The molecule has 0 radical (unpaired) electrons. The molecule has 0 aromatic heterocycles. The maximum Gasteiger partial charge on any atom is 0.312 e. The van der Waals surface area contributed by atoms with Crippen LogP contribution in [-0.2, 0) is 23.8 Å². The standard InChI is InChI=1S/C43H48BrClN2O12/c1-18-11-10-12-19(2)42(55)47-28-17-27(46-34-26(45)15-25(44)16-29(34)49)31-32(38(28)53)37(52)23(6)40-33(31)41(54)43(8,59-40)57-14-13-30(56-9)20(3)39(58-24(7)48)22(5)36(51)21(4)35(18)50/h10-18,20-22,30,35-36,39,49-52H,1-9H3,(H,47,55)/b11-10+,14-13+,19-12-,46-27?/t18-,20+,21+,22+,30-,35-,36+,39+,43-/m0/s1. The van der Waals surface area contributed by atoms with Crippen molar-refractivity contribution < 1.29 is 58.6 Å². The first-order valence-electron chi connectivity index (χ1n) is 18.9. The maximum atomic E-state index is 14.5. The van der Waals surface area contributed by atoms with Crippen LogP contribution < -0.4 is 10.1 Å². The van der Waals surface area contributed by atoms with E-state index in [0.717, 1.165) is 0 Å². The molecule has 14 nitrogen and oxygen atoms in total. The fourth-order valence-corrected chi connectivity index (χ4v) is 8.34. The van der Waals surface area contributed by atoms with Crippen LogP contribution in [0.1, 0.15) is 80.3 Å². The Morgan fingerprint density at radius 1 is 0.983 bits per heavy atom. The predicted molar refractivity (Wildman–Crippen MR) is 222 cm³/mol. The van der Waals surface area contributed by atoms with Crippen molar-refractivity contribution in [2.75, 3.05) is 7.11 Å². The number of benzene rings is 2. The minimum absolute atomic E-state index is 0.00332. The highest BCUT2D eigenvalue weighted by Gasteiger charge is 2.51. The van der Waals surface area contributed by atoms with Gasteiger partial charge in [-0.1, -0.05) is 73.5 Å². The van der Waals surface area contributed by atoms with Crippen molar-refractivity contribution in [1.82, 2.24) is 5.32 Å². The smallest absolute Gasteiger partial charge is 0.312 e. The Morgan fingerprint density at radius 2 is 1.66 bits per heavy atom. The number of phenolic OH excluding ortho intramolecular Hbond substituents is 2. The molecule has 4 aliphatic rings. The van der Waals surface area contributed by atoms with Gasteiger partial charge in [-0.2, -0.15) is 0 Å². The molecule has 0 spiro atoms. The number of esters is 1. The van der Waals surface area contributed by atoms with Crippen molar-refractivity contribution in [3.8, 4) is 17.2 Å². The van der Waals surface area contributed by atoms with Gasteiger partial charge in [-0.15, -0.1) is 0 Å². The number of fused-ring (bicyclic) bond motifs is 14. The van der Waals surface area contributed by atoms with Crippen molar-refractivity contribution in [3.63, 3.8) is 0 Å². The number of ketones is 2. The van der Waals surface area contributed by atoms with Gasteiger partial charge in [0.1, 0.15) is 29.0 Å². The van der Waals surface area contributed by atoms with E-state index >= 15 is 0 Å². The third kappa shape index (κ3) is 8.90. The molecule has 2 aromatic carbocycles. The lowest BCUT2D eigenvalue weighted by molar-refractivity contribution is -0.160. The fraction of sp³-hybridized carbons (Fsp3) is 0.419. The lowest BCUT2D eigenvalue weighted by atomic mass is 9.78. The van der Waals surface area contributed by atoms with Gasteiger partial charge in [0, 0.05) is 65.8 Å². The van der Waals surface area contributed by atoms with Crippen LogP contribution >= 0.6 is 27.5 Å². The van der Waals surface area contributed by atoms with E-state index in [1.807, 2.05) is 0 Å². The zero-order valence-electron chi connectivity index (χ0n) is 34.0. The second kappa shape index (κ2) is 17.8. The second-order valence-electron chi connectivity index (χ2n) is 15.3. The van der Waals surface area contributed by atoms with E-state index in [-0.39, 0.29) is 61.4 Å². The molecule has 0 saturated carbocycles. The number of aliphatic hydroxyl groups is 2. The van der Waals surface area contributed by atoms with Crippen molar-refractivity contribution in [2.24, 2.45) is 28.7 Å². The highest BCUT2D eigenvalue weighted by atomic mass is 79.9. The summed E-state index contributed by atoms with van der Waals surface area (Å²) in [6.45, 7) is 12.4. The van der Waals surface area contributed by atoms with Gasteiger partial charge in [-0.05, 0) is 38.1 Å². The molecule has 0 unspecified atom stereocenters. The minimum Gasteiger partial charge on any atom is -0.507 e. The van der Waals surface area contributed by atoms with Gasteiger partial charge in [0.15, 0.2) is 0 Å². The van der Waals surface area contributed by atoms with E-state index in [9.17, 15) is 39.6 Å². The monoisotopic (exact) mass is 898 g/mol. The molecule has 2 aromatic rings. The number of hydrogen-bond acceptors (Lipinski definition) is 13. The van der Waals surface area contributed by atoms with E-state index in [1.54, 1.807) is 39.8 Å². The minimum atomic E-state index is -2.07. The van der Waals surface area contributed by atoms with E-state index < -0.39 is 83.1 Å². The van der Waals surface area contributed by atoms with Crippen LogP contribution in [0.4, 0.5) is 5.69 Å². The number of amides is 1. The maximum absolute atomic E-state index is 14.5. The van der Waals surface area contributed by atoms with Gasteiger partial charge in [0.05, 0.1) is 52.1 Å². The summed E-state index contributed by atoms with van der Waals surface area (Å²) >= 11 is 9.78. The van der Waals surface area contributed by atoms with Gasteiger partial charge in [0.2, 0.25) is 5.78 Å². The molecule has 9 atom stereocenters. The summed E-state index contributed by atoms with van der Waals surface area (Å²) in [4.78, 5) is 59.3. The number of Topliss-reactive ketones (excluding diaryl/α,β-unsaturated/α-hetero) is 2. The molecule has 3 aliphatic heterocycles. The first kappa shape index (κ1) is 45.3. The zero-order valence-corrected chi connectivity index (χ0v) is 36.3. The van der Waals surface area contributed by atoms with Gasteiger partial charge < -0.3 is 44.7 Å². The molecule has 0 saturated heterocycles. The van der Waals surface area contributed by atoms with Crippen LogP contribution in [-0.4, -0.2) is 86.9 Å². The number of hydrogen-bond donors (Lipinski definition) is 5. The molecule has 0 fully saturated rings. The number of halogens is 2. The number of allylic oxidation sites excluding steroid dienone is 4. The van der Waals surface area contributed by atoms with Crippen molar-refractivity contribution in [1.29, 1.82) is 0 Å². The molecule has 59 heavy (non-hydrogen) atoms. The number of ether oxygens (including phenoxy) is 4. The summed E-state index contributed by atoms with van der Waals surface area (Å²) < 4.78 is 24.1. The van der Waals surface area contributed by atoms with Gasteiger partial charge in [-0.25, -0.2) is 4.99 Å². The van der Waals surface area contributed by atoms with E-state index in [1.165, 1.54) is 71.4 Å². The molecule has 5 N–H and O–H groups in total. The molecule has 16 heteroatoms. The number of aliphatic hydroxyl groups excluding tert-OH is 2. The number of nitrogens with zero attached hydrogens (tertiary/aromatic N) is 1. The summed E-state index contributed by atoms with van der Waals surface area (Å²) in [5.41, 5.74) is -1.09. The average Bonchev–Trinajstić information content (AvgIpc) is 3.44. The van der Waals surface area contributed by atoms with Crippen molar-refractivity contribution in [2.45, 2.75) is 85.6 Å². The van der Waals surface area contributed by atoms with Gasteiger partial charge in [-0.3, -0.25) is 19.2 Å². The van der Waals surface area contributed by atoms with Crippen LogP contribution in [0.3, 0.4) is 0 Å². The predicted octanol–water partition coefficient (Wildman–Crippen LogP) is 6.69. The zero-order chi connectivity index (χ0) is 43.8. The Kier molecular flexibility index (Phi) is 13.7. The summed E-state index contributed by atoms with van der Waals surface area (Å²) in [5, 5.41) is 47.9. The van der Waals surface area contributed by atoms with E-state index in [2.05, 4.69) is 26.2 Å². The summed E-state index contributed by atoms with van der Waals surface area (Å²) in [5.74, 6) is -8.53. The van der Waals surface area contributed by atoms with E-state index in [4.69, 9.17) is 30.5 Å². The Balaban J connectivity index is 1.72. The number of rotatable bonds is 3. The SMILES string of the molecule is CO[C@H]1/C=C/O[C@@]2(C)Oc3c(C)c(O)c4c(c3C2=O)C(=Nc2c(O)cc(Br)cc2Cl)C=C(NC(=O)/C(C)=C\C=C\[C@H](C)[C@H](O)[C@@H](C)[C@@H](O)[C@@H](C)[C@H](OC(C)=O)[C@@H]1C)C4=O. The van der Waals surface area contributed by atoms with E-state index in [0.29, 0.717) is 4.47 Å². The number of phenols is 2. The lowest BCUT2D eigenvalue weighted by Crippen LogP contribution is -2.46.